The molecule has 0 saturated carbocycles. The Kier molecular flexibility index (Phi) is 3.77. The summed E-state index contributed by atoms with van der Waals surface area (Å²) in [4.78, 5) is 0. The summed E-state index contributed by atoms with van der Waals surface area (Å²) in [6.45, 7) is 0.0680. The molecule has 4 nitrogen and oxygen atoms in total. The molecule has 8 heteroatoms. The first-order valence-electron chi connectivity index (χ1n) is 4.91. The van der Waals surface area contributed by atoms with Crippen molar-refractivity contribution in [2.75, 3.05) is 0 Å². The molecule has 0 saturated heterocycles. The van der Waals surface area contributed by atoms with Crippen molar-refractivity contribution in [3.8, 4) is 5.69 Å². The first-order valence-corrected chi connectivity index (χ1v) is 6.04. The van der Waals surface area contributed by atoms with E-state index < -0.39 is 9.61 Å². The Morgan fingerprint density at radius 3 is 2.61 bits per heavy atom. The Morgan fingerprint density at radius 1 is 1.33 bits per heavy atom. The maximum atomic E-state index is 13.2. The van der Waals surface area contributed by atoms with Crippen LogP contribution in [0.2, 0.25) is 0 Å². The molecule has 0 atom stereocenters. The maximum absolute atomic E-state index is 13.2. The lowest BCUT2D eigenvalue weighted by molar-refractivity contribution is 0.624. The maximum Gasteiger partial charge on any atom is 0.234 e. The minimum absolute atomic E-state index is 0.0680. The fourth-order valence-electron chi connectivity index (χ4n) is 1.52. The molecule has 0 radical (unpaired) electrons. The third-order valence-corrected chi connectivity index (χ3v) is 2.79. The van der Waals surface area contributed by atoms with Crippen molar-refractivity contribution in [1.29, 1.82) is 0 Å². The van der Waals surface area contributed by atoms with Gasteiger partial charge in [0.1, 0.15) is 17.2 Å². The van der Waals surface area contributed by atoms with Gasteiger partial charge in [-0.2, -0.15) is 0 Å². The van der Waals surface area contributed by atoms with Gasteiger partial charge in [-0.1, -0.05) is 46.1 Å². The van der Waals surface area contributed by atoms with Crippen LogP contribution in [0.1, 0.15) is 11.4 Å². The molecular weight excluding hydrogens is 301 g/mol. The number of aromatic nitrogens is 3. The number of hydrogen-bond donors (Lipinski definition) is 1. The van der Waals surface area contributed by atoms with E-state index in [-0.39, 0.29) is 12.2 Å². The number of nitrogens with two attached hydrogens (primary N) is 1. The van der Waals surface area contributed by atoms with Crippen LogP contribution in [0.25, 0.3) is 5.69 Å². The average Bonchev–Trinajstić information content (AvgIpc) is 2.72. The Balaban J connectivity index is 2.62. The highest BCUT2D eigenvalue weighted by Crippen LogP contribution is 2.40. The van der Waals surface area contributed by atoms with Crippen LogP contribution in [-0.4, -0.2) is 15.0 Å². The molecule has 1 aromatic heterocycles. The molecule has 2 rings (SSSR count). The molecule has 96 valence electrons. The lowest BCUT2D eigenvalue weighted by atomic mass is 10.3. The first kappa shape index (κ1) is 13.5. The lowest BCUT2D eigenvalue weighted by Crippen LogP contribution is -2.14. The SMILES string of the molecule is NCc1nnn(-c2cccc(F)c2)c1C(Cl)(Cl)Cl. The standard InChI is InChI=1S/C10H8Cl3FN4/c11-10(12,13)9-8(5-15)16-17-18(9)7-3-1-2-6(14)4-7/h1-4H,5,15H2. The number of nitrogens with zero attached hydrogens (tertiary/aromatic N) is 3. The highest BCUT2D eigenvalue weighted by molar-refractivity contribution is 6.66. The average molecular weight is 310 g/mol. The number of benzene rings is 1. The van der Waals surface area contributed by atoms with Gasteiger partial charge in [0.2, 0.25) is 3.79 Å². The van der Waals surface area contributed by atoms with Crippen LogP contribution in [0.15, 0.2) is 24.3 Å². The summed E-state index contributed by atoms with van der Waals surface area (Å²) in [6.07, 6.45) is 0. The van der Waals surface area contributed by atoms with Gasteiger partial charge in [0.15, 0.2) is 0 Å². The third-order valence-electron chi connectivity index (χ3n) is 2.25. The zero-order valence-corrected chi connectivity index (χ0v) is 11.2. The molecule has 0 spiro atoms. The molecule has 0 amide bonds. The number of rotatable bonds is 2. The highest BCUT2D eigenvalue weighted by atomic mass is 35.6. The summed E-state index contributed by atoms with van der Waals surface area (Å²) in [6, 6.07) is 5.71. The molecule has 2 aromatic rings. The van der Waals surface area contributed by atoms with Gasteiger partial charge in [-0.3, -0.25) is 0 Å². The van der Waals surface area contributed by atoms with Crippen molar-refractivity contribution in [3.63, 3.8) is 0 Å². The fraction of sp³-hybridized carbons (Fsp3) is 0.200. The van der Waals surface area contributed by atoms with Crippen molar-refractivity contribution in [2.45, 2.75) is 10.3 Å². The van der Waals surface area contributed by atoms with E-state index in [4.69, 9.17) is 40.5 Å². The Labute approximate surface area is 117 Å². The van der Waals surface area contributed by atoms with Gasteiger partial charge in [0.05, 0.1) is 5.69 Å². The van der Waals surface area contributed by atoms with Crippen molar-refractivity contribution in [2.24, 2.45) is 5.73 Å². The van der Waals surface area contributed by atoms with E-state index in [0.717, 1.165) is 0 Å². The zero-order valence-electron chi connectivity index (χ0n) is 8.95. The van der Waals surface area contributed by atoms with Crippen molar-refractivity contribution >= 4 is 34.8 Å². The van der Waals surface area contributed by atoms with Gasteiger partial charge in [-0.15, -0.1) is 5.10 Å². The van der Waals surface area contributed by atoms with E-state index in [9.17, 15) is 4.39 Å². The second kappa shape index (κ2) is 5.01. The van der Waals surface area contributed by atoms with E-state index in [2.05, 4.69) is 10.3 Å². The van der Waals surface area contributed by atoms with Gasteiger partial charge in [-0.25, -0.2) is 9.07 Å². The van der Waals surface area contributed by atoms with Crippen LogP contribution in [0.5, 0.6) is 0 Å². The summed E-state index contributed by atoms with van der Waals surface area (Å²) in [5.41, 5.74) is 6.46. The molecular formula is C10H8Cl3FN4. The topological polar surface area (TPSA) is 56.7 Å². The van der Waals surface area contributed by atoms with Gasteiger partial charge in [0, 0.05) is 6.54 Å². The van der Waals surface area contributed by atoms with Crippen molar-refractivity contribution in [1.82, 2.24) is 15.0 Å². The molecule has 1 aromatic carbocycles. The summed E-state index contributed by atoms with van der Waals surface area (Å²) >= 11 is 17.6. The minimum atomic E-state index is -1.75. The van der Waals surface area contributed by atoms with E-state index in [0.29, 0.717) is 11.4 Å². The fourth-order valence-corrected chi connectivity index (χ4v) is 2.09. The van der Waals surface area contributed by atoms with Crippen LogP contribution in [0.4, 0.5) is 4.39 Å². The third kappa shape index (κ3) is 2.59. The molecule has 2 N–H and O–H groups in total. The van der Waals surface area contributed by atoms with Crippen LogP contribution >= 0.6 is 34.8 Å². The first-order chi connectivity index (χ1) is 8.43. The van der Waals surface area contributed by atoms with E-state index in [1.165, 1.54) is 22.9 Å². The second-order valence-electron chi connectivity index (χ2n) is 3.48. The molecule has 0 unspecified atom stereocenters. The second-order valence-corrected chi connectivity index (χ2v) is 5.76. The Bertz CT molecular complexity index is 564. The van der Waals surface area contributed by atoms with Gasteiger partial charge < -0.3 is 5.73 Å². The van der Waals surface area contributed by atoms with Gasteiger partial charge >= 0.3 is 0 Å². The molecule has 1 heterocycles. The smallest absolute Gasteiger partial charge is 0.234 e. The van der Waals surface area contributed by atoms with Crippen LogP contribution in [-0.2, 0) is 10.3 Å². The summed E-state index contributed by atoms with van der Waals surface area (Å²) in [5.74, 6) is -0.424. The predicted octanol–water partition coefficient (Wildman–Crippen LogP) is 2.69. The van der Waals surface area contributed by atoms with Gasteiger partial charge in [0.25, 0.3) is 0 Å². The molecule has 0 aliphatic carbocycles. The monoisotopic (exact) mass is 308 g/mol. The predicted molar refractivity (Wildman–Crippen MR) is 68.4 cm³/mol. The number of halogens is 4. The zero-order chi connectivity index (χ0) is 13.3. The van der Waals surface area contributed by atoms with E-state index in [1.807, 2.05) is 0 Å². The summed E-state index contributed by atoms with van der Waals surface area (Å²) < 4.78 is 12.7. The molecule has 0 aliphatic rings. The number of alkyl halides is 3. The number of hydrogen-bond acceptors (Lipinski definition) is 3. The molecule has 0 aliphatic heterocycles. The van der Waals surface area contributed by atoms with E-state index >= 15 is 0 Å². The Hall–Kier alpha value is -0.880. The van der Waals surface area contributed by atoms with Crippen molar-refractivity contribution in [3.05, 3.63) is 41.5 Å². The summed E-state index contributed by atoms with van der Waals surface area (Å²) in [5, 5.41) is 7.65. The molecule has 0 fully saturated rings. The van der Waals surface area contributed by atoms with Crippen LogP contribution < -0.4 is 5.73 Å². The normalized spacial score (nSPS) is 11.8. The summed E-state index contributed by atoms with van der Waals surface area (Å²) in [7, 11) is 0. The van der Waals surface area contributed by atoms with Crippen LogP contribution in [0, 0.1) is 5.82 Å². The van der Waals surface area contributed by atoms with Crippen LogP contribution in [0.3, 0.4) is 0 Å². The quantitative estimate of drug-likeness (QED) is 0.868. The lowest BCUT2D eigenvalue weighted by Gasteiger charge is -2.14. The molecule has 0 bridgehead atoms. The van der Waals surface area contributed by atoms with Crippen molar-refractivity contribution < 1.29 is 4.39 Å². The highest BCUT2D eigenvalue weighted by Gasteiger charge is 2.32. The van der Waals surface area contributed by atoms with E-state index in [1.54, 1.807) is 6.07 Å². The minimum Gasteiger partial charge on any atom is -0.325 e. The van der Waals surface area contributed by atoms with Gasteiger partial charge in [-0.05, 0) is 18.2 Å². The Morgan fingerprint density at radius 2 is 2.06 bits per heavy atom. The largest absolute Gasteiger partial charge is 0.325 e. The molecule has 18 heavy (non-hydrogen) atoms.